The van der Waals surface area contributed by atoms with Crippen molar-refractivity contribution in [2.75, 3.05) is 36.2 Å². The minimum atomic E-state index is 0.0221. The Labute approximate surface area is 116 Å². The third-order valence-electron chi connectivity index (χ3n) is 2.81. The molecule has 2 N–H and O–H groups in total. The fourth-order valence-electron chi connectivity index (χ4n) is 1.75. The summed E-state index contributed by atoms with van der Waals surface area (Å²) in [7, 11) is 1.87. The van der Waals surface area contributed by atoms with Crippen LogP contribution in [-0.4, -0.2) is 42.0 Å². The second-order valence-electron chi connectivity index (χ2n) is 4.11. The molecule has 18 heavy (non-hydrogen) atoms. The van der Waals surface area contributed by atoms with Crippen LogP contribution in [0, 0.1) is 0 Å². The normalized spacial score (nSPS) is 19.3. The first-order valence-electron chi connectivity index (χ1n) is 6.05. The van der Waals surface area contributed by atoms with E-state index >= 15 is 0 Å². The van der Waals surface area contributed by atoms with Gasteiger partial charge in [0.15, 0.2) is 0 Å². The van der Waals surface area contributed by atoms with Crippen LogP contribution in [0.2, 0.25) is 0 Å². The number of amides is 1. The van der Waals surface area contributed by atoms with Crippen LogP contribution < -0.4 is 10.6 Å². The molecule has 0 radical (unpaired) electrons. The van der Waals surface area contributed by atoms with Crippen molar-refractivity contribution < 1.29 is 4.79 Å². The maximum Gasteiger partial charge on any atom is 0.251 e. The van der Waals surface area contributed by atoms with Gasteiger partial charge in [-0.3, -0.25) is 4.79 Å². The highest BCUT2D eigenvalue weighted by atomic mass is 32.2. The van der Waals surface area contributed by atoms with E-state index in [1.165, 1.54) is 11.5 Å². The van der Waals surface area contributed by atoms with Crippen LogP contribution in [0.5, 0.6) is 0 Å². The molecule has 1 amide bonds. The summed E-state index contributed by atoms with van der Waals surface area (Å²) in [6.45, 7) is 0.768. The number of carbonyl (C=O) groups is 1. The molecular weight excluding hydrogens is 264 g/mol. The summed E-state index contributed by atoms with van der Waals surface area (Å²) in [5.74, 6) is 3.60. The first-order chi connectivity index (χ1) is 8.79. The molecule has 1 fully saturated rings. The number of benzene rings is 1. The van der Waals surface area contributed by atoms with Crippen LogP contribution in [0.1, 0.15) is 10.4 Å². The first kappa shape index (κ1) is 13.6. The topological polar surface area (TPSA) is 41.1 Å². The predicted octanol–water partition coefficient (Wildman–Crippen LogP) is 2.31. The van der Waals surface area contributed by atoms with E-state index in [9.17, 15) is 4.79 Å². The number of hydrogen-bond acceptors (Lipinski definition) is 4. The fraction of sp³-hybridized carbons (Fsp3) is 0.462. The average Bonchev–Trinajstić information content (AvgIpc) is 2.46. The zero-order valence-electron chi connectivity index (χ0n) is 10.4. The summed E-state index contributed by atoms with van der Waals surface area (Å²) in [6.07, 6.45) is 0. The van der Waals surface area contributed by atoms with Gasteiger partial charge in [-0.15, -0.1) is 0 Å². The van der Waals surface area contributed by atoms with Crippen molar-refractivity contribution in [3.8, 4) is 0 Å². The van der Waals surface area contributed by atoms with E-state index in [1.54, 1.807) is 0 Å². The van der Waals surface area contributed by atoms with Crippen molar-refractivity contribution in [3.05, 3.63) is 29.8 Å². The van der Waals surface area contributed by atoms with E-state index in [0.717, 1.165) is 23.5 Å². The largest absolute Gasteiger partial charge is 0.388 e. The highest BCUT2D eigenvalue weighted by molar-refractivity contribution is 8.06. The quantitative estimate of drug-likeness (QED) is 0.889. The van der Waals surface area contributed by atoms with E-state index in [0.29, 0.717) is 5.25 Å². The Balaban J connectivity index is 1.82. The molecule has 98 valence electrons. The van der Waals surface area contributed by atoms with Crippen molar-refractivity contribution >= 4 is 35.1 Å². The van der Waals surface area contributed by atoms with Gasteiger partial charge in [0.1, 0.15) is 0 Å². The maximum absolute atomic E-state index is 11.9. The molecule has 5 heteroatoms. The zero-order chi connectivity index (χ0) is 12.8. The van der Waals surface area contributed by atoms with Crippen LogP contribution >= 0.6 is 23.5 Å². The molecule has 3 nitrogen and oxygen atoms in total. The van der Waals surface area contributed by atoms with Crippen LogP contribution in [0.15, 0.2) is 24.3 Å². The molecule has 0 bridgehead atoms. The Morgan fingerprint density at radius 3 is 2.72 bits per heavy atom. The predicted molar refractivity (Wildman–Crippen MR) is 81.9 cm³/mol. The number of anilines is 1. The Kier molecular flexibility index (Phi) is 5.26. The monoisotopic (exact) mass is 282 g/mol. The number of thioether (sulfide) groups is 2. The Hall–Kier alpha value is -0.810. The summed E-state index contributed by atoms with van der Waals surface area (Å²) < 4.78 is 0. The summed E-state index contributed by atoms with van der Waals surface area (Å²) in [5.41, 5.74) is 1.74. The molecule has 1 aromatic carbocycles. The zero-order valence-corrected chi connectivity index (χ0v) is 12.1. The maximum atomic E-state index is 11.9. The van der Waals surface area contributed by atoms with Crippen molar-refractivity contribution in [2.45, 2.75) is 5.25 Å². The first-order valence-corrected chi connectivity index (χ1v) is 8.25. The molecule has 1 aromatic rings. The van der Waals surface area contributed by atoms with Gasteiger partial charge in [-0.2, -0.15) is 23.5 Å². The van der Waals surface area contributed by atoms with E-state index in [2.05, 4.69) is 10.6 Å². The Morgan fingerprint density at radius 2 is 2.11 bits per heavy atom. The molecule has 2 rings (SSSR count). The summed E-state index contributed by atoms with van der Waals surface area (Å²) in [5, 5.41) is 6.61. The summed E-state index contributed by atoms with van der Waals surface area (Å²) >= 11 is 3.94. The Morgan fingerprint density at radius 1 is 1.33 bits per heavy atom. The third-order valence-corrected chi connectivity index (χ3v) is 5.66. The highest BCUT2D eigenvalue weighted by Gasteiger charge is 2.15. The van der Waals surface area contributed by atoms with E-state index in [-0.39, 0.29) is 5.91 Å². The lowest BCUT2D eigenvalue weighted by atomic mass is 10.2. The van der Waals surface area contributed by atoms with Crippen LogP contribution in [0.4, 0.5) is 5.69 Å². The number of carbonyl (C=O) groups excluding carboxylic acids is 1. The van der Waals surface area contributed by atoms with Gasteiger partial charge in [-0.25, -0.2) is 0 Å². The molecule has 0 saturated carbocycles. The molecule has 1 unspecified atom stereocenters. The number of rotatable bonds is 4. The summed E-state index contributed by atoms with van der Waals surface area (Å²) in [6, 6.07) is 7.54. The van der Waals surface area contributed by atoms with Gasteiger partial charge in [0.25, 0.3) is 5.91 Å². The molecule has 1 aliphatic heterocycles. The summed E-state index contributed by atoms with van der Waals surface area (Å²) in [4.78, 5) is 11.9. The van der Waals surface area contributed by atoms with Crippen molar-refractivity contribution in [1.82, 2.24) is 5.32 Å². The van der Waals surface area contributed by atoms with Crippen molar-refractivity contribution in [3.63, 3.8) is 0 Å². The minimum absolute atomic E-state index is 0.0221. The second-order valence-corrected chi connectivity index (χ2v) is 6.66. The van der Waals surface area contributed by atoms with Crippen molar-refractivity contribution in [1.29, 1.82) is 0 Å². The van der Waals surface area contributed by atoms with Crippen molar-refractivity contribution in [2.24, 2.45) is 0 Å². The Bertz CT molecular complexity index is 388. The molecule has 0 aliphatic carbocycles. The van der Waals surface area contributed by atoms with Gasteiger partial charge >= 0.3 is 0 Å². The van der Waals surface area contributed by atoms with Gasteiger partial charge in [-0.05, 0) is 24.3 Å². The van der Waals surface area contributed by atoms with Gasteiger partial charge in [0, 0.05) is 47.4 Å². The lowest BCUT2D eigenvalue weighted by molar-refractivity contribution is 0.0954. The van der Waals surface area contributed by atoms with E-state index in [4.69, 9.17) is 0 Å². The molecule has 1 atom stereocenters. The average molecular weight is 282 g/mol. The number of hydrogen-bond donors (Lipinski definition) is 2. The standard InChI is InChI=1S/C13H18N2OS2/c1-14-11-4-2-10(3-5-11)13(16)15-8-12-9-17-6-7-18-12/h2-5,12,14H,6-9H2,1H3,(H,15,16). The lowest BCUT2D eigenvalue weighted by Gasteiger charge is -2.21. The number of nitrogens with one attached hydrogen (secondary N) is 2. The van der Waals surface area contributed by atoms with Gasteiger partial charge in [-0.1, -0.05) is 0 Å². The second kappa shape index (κ2) is 6.95. The highest BCUT2D eigenvalue weighted by Crippen LogP contribution is 2.23. The fourth-order valence-corrected chi connectivity index (χ4v) is 4.36. The van der Waals surface area contributed by atoms with Gasteiger partial charge < -0.3 is 10.6 Å². The van der Waals surface area contributed by atoms with E-state index < -0.39 is 0 Å². The molecule has 1 aliphatic rings. The lowest BCUT2D eigenvalue weighted by Crippen LogP contribution is -2.33. The molecule has 1 heterocycles. The van der Waals surface area contributed by atoms with E-state index in [1.807, 2.05) is 54.8 Å². The van der Waals surface area contributed by atoms with Gasteiger partial charge in [0.05, 0.1) is 0 Å². The third kappa shape index (κ3) is 3.85. The van der Waals surface area contributed by atoms with Crippen LogP contribution in [0.3, 0.4) is 0 Å². The molecule has 0 spiro atoms. The smallest absolute Gasteiger partial charge is 0.251 e. The van der Waals surface area contributed by atoms with Crippen LogP contribution in [-0.2, 0) is 0 Å². The van der Waals surface area contributed by atoms with Gasteiger partial charge in [0.2, 0.25) is 0 Å². The minimum Gasteiger partial charge on any atom is -0.388 e. The van der Waals surface area contributed by atoms with Crippen LogP contribution in [0.25, 0.3) is 0 Å². The molecule has 1 saturated heterocycles. The SMILES string of the molecule is CNc1ccc(C(=O)NCC2CSCCS2)cc1. The molecular formula is C13H18N2OS2. The molecule has 0 aromatic heterocycles.